The molecule has 0 unspecified atom stereocenters. The van der Waals surface area contributed by atoms with Crippen molar-refractivity contribution in [2.45, 2.75) is 38.1 Å². The van der Waals surface area contributed by atoms with E-state index in [1.807, 2.05) is 26.0 Å². The molecule has 0 atom stereocenters. The smallest absolute Gasteiger partial charge is 0.262 e. The molecule has 0 fully saturated rings. The summed E-state index contributed by atoms with van der Waals surface area (Å²) in [5, 5.41) is 13.0. The molecule has 0 bridgehead atoms. The van der Waals surface area contributed by atoms with E-state index in [0.29, 0.717) is 46.9 Å². The summed E-state index contributed by atoms with van der Waals surface area (Å²) in [6.45, 7) is 4.92. The van der Waals surface area contributed by atoms with E-state index in [4.69, 9.17) is 4.74 Å². The average Bonchev–Trinajstić information content (AvgIpc) is 2.77. The van der Waals surface area contributed by atoms with Crippen LogP contribution in [0.5, 0.6) is 0 Å². The van der Waals surface area contributed by atoms with Crippen molar-refractivity contribution in [1.82, 2.24) is 9.55 Å². The maximum absolute atomic E-state index is 13.0. The lowest BCUT2D eigenvalue weighted by molar-refractivity contribution is -0.113. The molecule has 0 aliphatic rings. The molecule has 0 saturated carbocycles. The van der Waals surface area contributed by atoms with Gasteiger partial charge in [0.15, 0.2) is 5.16 Å². The first-order valence-electron chi connectivity index (χ1n) is 10.0. The Hall–Kier alpha value is -3.15. The minimum Gasteiger partial charge on any atom is -0.379 e. The van der Waals surface area contributed by atoms with Gasteiger partial charge in [-0.05, 0) is 44.5 Å². The van der Waals surface area contributed by atoms with Gasteiger partial charge in [-0.2, -0.15) is 5.26 Å². The van der Waals surface area contributed by atoms with Crippen molar-refractivity contribution in [3.63, 3.8) is 0 Å². The summed E-state index contributed by atoms with van der Waals surface area (Å²) >= 11 is 1.20. The molecule has 1 aromatic heterocycles. The van der Waals surface area contributed by atoms with Gasteiger partial charge < -0.3 is 10.1 Å². The van der Waals surface area contributed by atoms with Gasteiger partial charge in [-0.3, -0.25) is 14.2 Å². The molecule has 1 heterocycles. The van der Waals surface area contributed by atoms with Crippen LogP contribution in [-0.4, -0.2) is 33.9 Å². The zero-order valence-corrected chi connectivity index (χ0v) is 18.3. The number of fused-ring (bicyclic) bond motifs is 1. The first-order chi connectivity index (χ1) is 15.0. The highest BCUT2D eigenvalue weighted by Gasteiger charge is 2.14. The summed E-state index contributed by atoms with van der Waals surface area (Å²) in [6, 6.07) is 16.1. The van der Waals surface area contributed by atoms with Crippen LogP contribution in [0.4, 0.5) is 5.69 Å². The van der Waals surface area contributed by atoms with Gasteiger partial charge in [-0.15, -0.1) is 0 Å². The van der Waals surface area contributed by atoms with E-state index in [-0.39, 0.29) is 23.3 Å². The average molecular weight is 437 g/mol. The summed E-state index contributed by atoms with van der Waals surface area (Å²) < 4.78 is 7.19. The second kappa shape index (κ2) is 10.8. The summed E-state index contributed by atoms with van der Waals surface area (Å²) in [5.41, 5.74) is 1.32. The molecular formula is C23H24N4O3S. The van der Waals surface area contributed by atoms with Crippen LogP contribution in [0, 0.1) is 11.3 Å². The molecular weight excluding hydrogens is 412 g/mol. The fraction of sp³-hybridized carbons (Fsp3) is 0.304. The van der Waals surface area contributed by atoms with Crippen LogP contribution in [0.25, 0.3) is 10.9 Å². The van der Waals surface area contributed by atoms with Crippen LogP contribution in [0.3, 0.4) is 0 Å². The van der Waals surface area contributed by atoms with Crippen LogP contribution in [0.1, 0.15) is 25.8 Å². The van der Waals surface area contributed by atoms with Gasteiger partial charge in [-0.25, -0.2) is 4.98 Å². The third-order valence-electron chi connectivity index (χ3n) is 4.46. The van der Waals surface area contributed by atoms with E-state index in [1.165, 1.54) is 11.8 Å². The summed E-state index contributed by atoms with van der Waals surface area (Å²) in [5.74, 6) is -0.211. The fourth-order valence-corrected chi connectivity index (χ4v) is 3.83. The Morgan fingerprint density at radius 2 is 1.97 bits per heavy atom. The Morgan fingerprint density at radius 3 is 2.74 bits per heavy atom. The number of nitrogens with one attached hydrogen (secondary N) is 1. The van der Waals surface area contributed by atoms with Crippen LogP contribution < -0.4 is 10.9 Å². The number of rotatable bonds is 9. The highest BCUT2D eigenvalue weighted by atomic mass is 32.2. The molecule has 0 aliphatic heterocycles. The van der Waals surface area contributed by atoms with E-state index in [2.05, 4.69) is 16.4 Å². The summed E-state index contributed by atoms with van der Waals surface area (Å²) in [4.78, 5) is 30.1. The van der Waals surface area contributed by atoms with Crippen LogP contribution >= 0.6 is 11.8 Å². The Labute approximate surface area is 185 Å². The molecule has 8 heteroatoms. The van der Waals surface area contributed by atoms with Gasteiger partial charge in [-0.1, -0.05) is 36.0 Å². The van der Waals surface area contributed by atoms with Crippen molar-refractivity contribution in [2.24, 2.45) is 0 Å². The van der Waals surface area contributed by atoms with Crippen LogP contribution in [0.15, 0.2) is 58.5 Å². The molecule has 0 spiro atoms. The van der Waals surface area contributed by atoms with Crippen molar-refractivity contribution in [3.8, 4) is 6.07 Å². The van der Waals surface area contributed by atoms with Gasteiger partial charge in [0.1, 0.15) is 6.07 Å². The van der Waals surface area contributed by atoms with Crippen LogP contribution in [-0.2, 0) is 16.1 Å². The molecule has 7 nitrogen and oxygen atoms in total. The zero-order valence-electron chi connectivity index (χ0n) is 17.5. The van der Waals surface area contributed by atoms with E-state index in [1.54, 1.807) is 41.0 Å². The number of para-hydroxylation sites is 2. The standard InChI is InChI=1S/C23H24N4O3S/c1-16(2)30-13-7-12-27-22(29)18-9-4-6-11-20(18)26-23(27)31-15-21(28)25-19-10-5-3-8-17(19)14-24/h3-6,8-11,16H,7,12-13,15H2,1-2H3,(H,25,28). The van der Waals surface area contributed by atoms with E-state index in [9.17, 15) is 14.9 Å². The molecule has 3 aromatic rings. The number of hydrogen-bond donors (Lipinski definition) is 1. The van der Waals surface area contributed by atoms with Crippen molar-refractivity contribution in [3.05, 3.63) is 64.4 Å². The Morgan fingerprint density at radius 1 is 1.23 bits per heavy atom. The minimum atomic E-state index is -0.273. The maximum Gasteiger partial charge on any atom is 0.262 e. The normalized spacial score (nSPS) is 10.9. The Bertz CT molecular complexity index is 1170. The summed E-state index contributed by atoms with van der Waals surface area (Å²) in [6.07, 6.45) is 0.785. The lowest BCUT2D eigenvalue weighted by atomic mass is 10.2. The predicted molar refractivity (Wildman–Crippen MR) is 122 cm³/mol. The second-order valence-electron chi connectivity index (χ2n) is 7.14. The zero-order chi connectivity index (χ0) is 22.2. The number of nitriles is 1. The van der Waals surface area contributed by atoms with Gasteiger partial charge >= 0.3 is 0 Å². The van der Waals surface area contributed by atoms with Gasteiger partial charge in [0.2, 0.25) is 5.91 Å². The van der Waals surface area contributed by atoms with Gasteiger partial charge in [0.05, 0.1) is 34.0 Å². The van der Waals surface area contributed by atoms with Crippen molar-refractivity contribution in [1.29, 1.82) is 5.26 Å². The minimum absolute atomic E-state index is 0.0625. The predicted octanol–water partition coefficient (Wildman–Crippen LogP) is 3.81. The molecule has 0 saturated heterocycles. The number of hydrogen-bond acceptors (Lipinski definition) is 6. The number of amides is 1. The number of benzene rings is 2. The van der Waals surface area contributed by atoms with Crippen molar-refractivity contribution >= 4 is 34.3 Å². The molecule has 1 N–H and O–H groups in total. The first kappa shape index (κ1) is 22.5. The Balaban J connectivity index is 1.78. The number of thioether (sulfide) groups is 1. The largest absolute Gasteiger partial charge is 0.379 e. The summed E-state index contributed by atoms with van der Waals surface area (Å²) in [7, 11) is 0. The lowest BCUT2D eigenvalue weighted by Gasteiger charge is -2.14. The molecule has 2 aromatic carbocycles. The molecule has 31 heavy (non-hydrogen) atoms. The molecule has 3 rings (SSSR count). The topological polar surface area (TPSA) is 97.0 Å². The van der Waals surface area contributed by atoms with Gasteiger partial charge in [0.25, 0.3) is 5.56 Å². The van der Waals surface area contributed by atoms with E-state index in [0.717, 1.165) is 0 Å². The van der Waals surface area contributed by atoms with E-state index >= 15 is 0 Å². The third kappa shape index (κ3) is 5.94. The van der Waals surface area contributed by atoms with Crippen molar-refractivity contribution < 1.29 is 9.53 Å². The fourth-order valence-electron chi connectivity index (χ4n) is 3.00. The van der Waals surface area contributed by atoms with Crippen molar-refractivity contribution in [2.75, 3.05) is 17.7 Å². The first-order valence-corrected chi connectivity index (χ1v) is 11.0. The van der Waals surface area contributed by atoms with Crippen LogP contribution in [0.2, 0.25) is 0 Å². The number of nitrogens with zero attached hydrogens (tertiary/aromatic N) is 3. The highest BCUT2D eigenvalue weighted by Crippen LogP contribution is 2.20. The van der Waals surface area contributed by atoms with E-state index < -0.39 is 0 Å². The number of aromatic nitrogens is 2. The molecule has 160 valence electrons. The molecule has 0 radical (unpaired) electrons. The third-order valence-corrected chi connectivity index (χ3v) is 5.43. The lowest BCUT2D eigenvalue weighted by Crippen LogP contribution is -2.25. The number of carbonyl (C=O) groups excluding carboxylic acids is 1. The highest BCUT2D eigenvalue weighted by molar-refractivity contribution is 7.99. The number of ether oxygens (including phenoxy) is 1. The Kier molecular flexibility index (Phi) is 7.82. The number of anilines is 1. The number of carbonyl (C=O) groups is 1. The SMILES string of the molecule is CC(C)OCCCn1c(SCC(=O)Nc2ccccc2C#N)nc2ccccc2c1=O. The molecule has 0 aliphatic carbocycles. The maximum atomic E-state index is 13.0. The quantitative estimate of drug-likeness (QED) is 0.311. The second-order valence-corrected chi connectivity index (χ2v) is 8.08. The molecule has 1 amide bonds. The monoisotopic (exact) mass is 436 g/mol. The van der Waals surface area contributed by atoms with Gasteiger partial charge in [0, 0.05) is 13.2 Å².